The molecule has 1 aromatic rings. The summed E-state index contributed by atoms with van der Waals surface area (Å²) >= 11 is 0. The van der Waals surface area contributed by atoms with Gasteiger partial charge in [-0.05, 0) is 12.1 Å². The molecule has 0 spiro atoms. The summed E-state index contributed by atoms with van der Waals surface area (Å²) in [5, 5.41) is 8.98. The van der Waals surface area contributed by atoms with Crippen molar-refractivity contribution in [2.45, 2.75) is 0 Å². The molecule has 0 fully saturated rings. The molecular formula is C7H9Cl2NO2. The molecule has 0 radical (unpaired) electrons. The van der Waals surface area contributed by atoms with Crippen LogP contribution in [0, 0.1) is 0 Å². The highest BCUT2D eigenvalue weighted by molar-refractivity contribution is 5.95. The van der Waals surface area contributed by atoms with Crippen LogP contribution in [-0.4, -0.2) is 11.0 Å². The number of aromatic hydroxyl groups is 1. The van der Waals surface area contributed by atoms with Crippen molar-refractivity contribution in [3.05, 3.63) is 29.8 Å². The first-order chi connectivity index (χ1) is 4.72. The zero-order chi connectivity index (χ0) is 7.56. The number of hydrogen-bond donors (Lipinski definition) is 2. The third-order valence-corrected chi connectivity index (χ3v) is 1.17. The molecule has 0 unspecified atom stereocenters. The van der Waals surface area contributed by atoms with E-state index in [1.807, 2.05) is 0 Å². The second-order valence-corrected chi connectivity index (χ2v) is 1.88. The molecule has 0 bridgehead atoms. The van der Waals surface area contributed by atoms with Crippen LogP contribution in [0.1, 0.15) is 10.4 Å². The van der Waals surface area contributed by atoms with E-state index in [0.29, 0.717) is 0 Å². The lowest BCUT2D eigenvalue weighted by Crippen LogP contribution is -2.10. The third kappa shape index (κ3) is 2.98. The second-order valence-electron chi connectivity index (χ2n) is 1.88. The fraction of sp³-hybridized carbons (Fsp3) is 0. The number of amides is 1. The molecule has 0 aliphatic carbocycles. The number of primary amides is 1. The van der Waals surface area contributed by atoms with Gasteiger partial charge in [0.2, 0.25) is 0 Å². The molecule has 5 heteroatoms. The lowest BCUT2D eigenvalue weighted by Gasteiger charge is -1.96. The van der Waals surface area contributed by atoms with Crippen molar-refractivity contribution in [1.29, 1.82) is 0 Å². The van der Waals surface area contributed by atoms with Gasteiger partial charge in [-0.15, -0.1) is 24.8 Å². The fourth-order valence-corrected chi connectivity index (χ4v) is 0.682. The van der Waals surface area contributed by atoms with Crippen LogP contribution in [-0.2, 0) is 0 Å². The van der Waals surface area contributed by atoms with Crippen molar-refractivity contribution in [1.82, 2.24) is 0 Å². The van der Waals surface area contributed by atoms with E-state index in [2.05, 4.69) is 0 Å². The van der Waals surface area contributed by atoms with Gasteiger partial charge < -0.3 is 10.8 Å². The highest BCUT2D eigenvalue weighted by Crippen LogP contribution is 2.13. The Labute approximate surface area is 82.4 Å². The molecule has 68 valence electrons. The van der Waals surface area contributed by atoms with Crippen LogP contribution in [0.3, 0.4) is 0 Å². The van der Waals surface area contributed by atoms with Crippen molar-refractivity contribution in [2.24, 2.45) is 5.73 Å². The van der Waals surface area contributed by atoms with Gasteiger partial charge in [0.1, 0.15) is 5.75 Å². The van der Waals surface area contributed by atoms with Crippen LogP contribution >= 0.6 is 24.8 Å². The monoisotopic (exact) mass is 209 g/mol. The number of hydrogen-bond acceptors (Lipinski definition) is 2. The van der Waals surface area contributed by atoms with Gasteiger partial charge in [-0.25, -0.2) is 0 Å². The highest BCUT2D eigenvalue weighted by atomic mass is 35.5. The van der Waals surface area contributed by atoms with Crippen molar-refractivity contribution in [3.8, 4) is 5.75 Å². The summed E-state index contributed by atoms with van der Waals surface area (Å²) in [6, 6.07) is 6.15. The first kappa shape index (κ1) is 13.6. The molecule has 0 saturated carbocycles. The van der Waals surface area contributed by atoms with Gasteiger partial charge in [0.05, 0.1) is 5.56 Å². The number of rotatable bonds is 1. The lowest BCUT2D eigenvalue weighted by molar-refractivity contribution is 0.0998. The van der Waals surface area contributed by atoms with E-state index in [1.54, 1.807) is 12.1 Å². The molecule has 0 aliphatic heterocycles. The normalized spacial score (nSPS) is 7.67. The van der Waals surface area contributed by atoms with E-state index >= 15 is 0 Å². The number of carbonyl (C=O) groups excluding carboxylic acids is 1. The van der Waals surface area contributed by atoms with Crippen LogP contribution in [0.25, 0.3) is 0 Å². The SMILES string of the molecule is Cl.Cl.NC(=O)c1ccccc1O. The number of halogens is 2. The molecule has 0 aliphatic rings. The molecule has 0 atom stereocenters. The minimum absolute atomic E-state index is 0. The Morgan fingerprint density at radius 2 is 1.75 bits per heavy atom. The van der Waals surface area contributed by atoms with E-state index in [0.717, 1.165) is 0 Å². The molecule has 3 nitrogen and oxygen atoms in total. The van der Waals surface area contributed by atoms with Gasteiger partial charge in [0, 0.05) is 0 Å². The van der Waals surface area contributed by atoms with Crippen LogP contribution in [0.2, 0.25) is 0 Å². The van der Waals surface area contributed by atoms with Crippen molar-refractivity contribution >= 4 is 30.7 Å². The van der Waals surface area contributed by atoms with E-state index in [-0.39, 0.29) is 36.1 Å². The summed E-state index contributed by atoms with van der Waals surface area (Å²) in [6.45, 7) is 0. The maximum Gasteiger partial charge on any atom is 0.252 e. The molecule has 1 amide bonds. The molecule has 3 N–H and O–H groups in total. The molecule has 12 heavy (non-hydrogen) atoms. The summed E-state index contributed by atoms with van der Waals surface area (Å²) in [7, 11) is 0. The highest BCUT2D eigenvalue weighted by Gasteiger charge is 2.03. The van der Waals surface area contributed by atoms with Gasteiger partial charge in [0.15, 0.2) is 0 Å². The number of carbonyl (C=O) groups is 1. The minimum atomic E-state index is -0.613. The van der Waals surface area contributed by atoms with Crippen molar-refractivity contribution < 1.29 is 9.90 Å². The van der Waals surface area contributed by atoms with Crippen LogP contribution in [0.5, 0.6) is 5.75 Å². The Kier molecular flexibility index (Phi) is 6.47. The predicted molar refractivity (Wildman–Crippen MR) is 51.1 cm³/mol. The quantitative estimate of drug-likeness (QED) is 0.734. The van der Waals surface area contributed by atoms with E-state index in [1.165, 1.54) is 12.1 Å². The fourth-order valence-electron chi connectivity index (χ4n) is 0.682. The zero-order valence-electron chi connectivity index (χ0n) is 6.06. The van der Waals surface area contributed by atoms with Crippen LogP contribution in [0.15, 0.2) is 24.3 Å². The summed E-state index contributed by atoms with van der Waals surface area (Å²) in [5.74, 6) is -0.687. The Balaban J connectivity index is 0. The van der Waals surface area contributed by atoms with E-state index in [9.17, 15) is 4.79 Å². The molecular weight excluding hydrogens is 201 g/mol. The summed E-state index contributed by atoms with van der Waals surface area (Å²) in [6.07, 6.45) is 0. The molecule has 1 aromatic carbocycles. The maximum absolute atomic E-state index is 10.5. The smallest absolute Gasteiger partial charge is 0.252 e. The zero-order valence-corrected chi connectivity index (χ0v) is 7.69. The Bertz CT molecular complexity index is 265. The summed E-state index contributed by atoms with van der Waals surface area (Å²) < 4.78 is 0. The number of benzene rings is 1. The molecule has 0 aromatic heterocycles. The Hall–Kier alpha value is -0.930. The van der Waals surface area contributed by atoms with E-state index < -0.39 is 5.91 Å². The second kappa shape index (κ2) is 5.69. The van der Waals surface area contributed by atoms with Gasteiger partial charge in [-0.3, -0.25) is 4.79 Å². The first-order valence-electron chi connectivity index (χ1n) is 2.79. The standard InChI is InChI=1S/C7H7NO2.2ClH/c8-7(10)5-3-1-2-4-6(5)9;;/h1-4,9H,(H2,8,10);2*1H. The van der Waals surface area contributed by atoms with Crippen LogP contribution < -0.4 is 5.73 Å². The summed E-state index contributed by atoms with van der Waals surface area (Å²) in [4.78, 5) is 10.5. The van der Waals surface area contributed by atoms with Gasteiger partial charge >= 0.3 is 0 Å². The summed E-state index contributed by atoms with van der Waals surface area (Å²) in [5.41, 5.74) is 5.07. The Morgan fingerprint density at radius 3 is 2.08 bits per heavy atom. The number of phenols is 1. The topological polar surface area (TPSA) is 63.3 Å². The van der Waals surface area contributed by atoms with Crippen molar-refractivity contribution in [3.63, 3.8) is 0 Å². The third-order valence-electron chi connectivity index (χ3n) is 1.17. The molecule has 1 rings (SSSR count). The number of nitrogens with two attached hydrogens (primary N) is 1. The van der Waals surface area contributed by atoms with Gasteiger partial charge in [-0.2, -0.15) is 0 Å². The lowest BCUT2D eigenvalue weighted by atomic mass is 10.2. The first-order valence-corrected chi connectivity index (χ1v) is 2.79. The number of para-hydroxylation sites is 1. The average Bonchev–Trinajstić information content (AvgIpc) is 1.88. The largest absolute Gasteiger partial charge is 0.507 e. The predicted octanol–water partition coefficient (Wildman–Crippen LogP) is 1.33. The van der Waals surface area contributed by atoms with Crippen molar-refractivity contribution in [2.75, 3.05) is 0 Å². The van der Waals surface area contributed by atoms with E-state index in [4.69, 9.17) is 10.8 Å². The average molecular weight is 210 g/mol. The molecule has 0 saturated heterocycles. The molecule has 0 heterocycles. The Morgan fingerprint density at radius 1 is 1.25 bits per heavy atom. The van der Waals surface area contributed by atoms with Gasteiger partial charge in [-0.1, -0.05) is 12.1 Å². The van der Waals surface area contributed by atoms with Gasteiger partial charge in [0.25, 0.3) is 5.91 Å². The van der Waals surface area contributed by atoms with Crippen LogP contribution in [0.4, 0.5) is 0 Å². The minimum Gasteiger partial charge on any atom is -0.507 e. The maximum atomic E-state index is 10.5.